The quantitative estimate of drug-likeness (QED) is 0.786. The minimum absolute atomic E-state index is 0.169. The van der Waals surface area contributed by atoms with Gasteiger partial charge in [-0.15, -0.1) is 0 Å². The van der Waals surface area contributed by atoms with E-state index in [0.29, 0.717) is 6.04 Å². The minimum Gasteiger partial charge on any atom is -0.351 e. The van der Waals surface area contributed by atoms with Gasteiger partial charge in [-0.2, -0.15) is 0 Å². The SMILES string of the molecule is CC1CN(C(C)(C)C)CCN1c1ccc(C(C)(C)C)cn1. The Kier molecular flexibility index (Phi) is 4.34. The van der Waals surface area contributed by atoms with Gasteiger partial charge in [-0.05, 0) is 44.7 Å². The Balaban J connectivity index is 2.10. The summed E-state index contributed by atoms with van der Waals surface area (Å²) < 4.78 is 0. The topological polar surface area (TPSA) is 19.4 Å². The first-order chi connectivity index (χ1) is 9.59. The van der Waals surface area contributed by atoms with Crippen molar-refractivity contribution < 1.29 is 0 Å². The van der Waals surface area contributed by atoms with Crippen LogP contribution < -0.4 is 4.90 Å². The Morgan fingerprint density at radius 3 is 2.14 bits per heavy atom. The van der Waals surface area contributed by atoms with Gasteiger partial charge in [-0.3, -0.25) is 4.90 Å². The van der Waals surface area contributed by atoms with E-state index in [0.717, 1.165) is 25.5 Å². The molecule has 0 spiro atoms. The molecule has 0 bridgehead atoms. The molecule has 0 aromatic carbocycles. The zero-order chi connectivity index (χ0) is 15.8. The summed E-state index contributed by atoms with van der Waals surface area (Å²) in [6.45, 7) is 19.2. The third-order valence-electron chi connectivity index (χ3n) is 4.48. The maximum Gasteiger partial charge on any atom is 0.128 e. The lowest BCUT2D eigenvalue weighted by Gasteiger charge is -2.46. The molecule has 1 aliphatic rings. The maximum atomic E-state index is 4.71. The third-order valence-corrected chi connectivity index (χ3v) is 4.48. The smallest absolute Gasteiger partial charge is 0.128 e. The van der Waals surface area contributed by atoms with E-state index in [1.165, 1.54) is 5.56 Å². The zero-order valence-corrected chi connectivity index (χ0v) is 14.8. The molecule has 0 amide bonds. The van der Waals surface area contributed by atoms with Crippen LogP contribution in [-0.4, -0.2) is 41.1 Å². The standard InChI is InChI=1S/C18H31N3/c1-14-13-20(18(5,6)7)10-11-21(14)16-9-8-15(12-19-16)17(2,3)4/h8-9,12,14H,10-11,13H2,1-7H3. The number of rotatable bonds is 1. The van der Waals surface area contributed by atoms with E-state index in [1.807, 2.05) is 6.20 Å². The molecule has 1 aliphatic heterocycles. The summed E-state index contributed by atoms with van der Waals surface area (Å²) in [6.07, 6.45) is 2.04. The predicted octanol–water partition coefficient (Wildman–Crippen LogP) is 3.69. The third kappa shape index (κ3) is 3.76. The summed E-state index contributed by atoms with van der Waals surface area (Å²) in [5.41, 5.74) is 1.72. The minimum atomic E-state index is 0.169. The van der Waals surface area contributed by atoms with Crippen molar-refractivity contribution in [1.29, 1.82) is 0 Å². The first-order valence-electron chi connectivity index (χ1n) is 8.07. The molecule has 0 saturated carbocycles. The van der Waals surface area contributed by atoms with Gasteiger partial charge in [0, 0.05) is 37.4 Å². The molecule has 1 aromatic heterocycles. The average molecular weight is 289 g/mol. The van der Waals surface area contributed by atoms with Crippen LogP contribution in [0.25, 0.3) is 0 Å². The molecule has 1 aromatic rings. The lowest BCUT2D eigenvalue weighted by Crippen LogP contribution is -2.57. The van der Waals surface area contributed by atoms with Crippen molar-refractivity contribution in [3.63, 3.8) is 0 Å². The van der Waals surface area contributed by atoms with E-state index in [-0.39, 0.29) is 11.0 Å². The average Bonchev–Trinajstić information content (AvgIpc) is 2.36. The summed E-state index contributed by atoms with van der Waals surface area (Å²) in [4.78, 5) is 9.72. The molecule has 1 saturated heterocycles. The van der Waals surface area contributed by atoms with Crippen molar-refractivity contribution in [2.75, 3.05) is 24.5 Å². The van der Waals surface area contributed by atoms with Gasteiger partial charge in [-0.25, -0.2) is 4.98 Å². The van der Waals surface area contributed by atoms with Crippen LogP contribution >= 0.6 is 0 Å². The van der Waals surface area contributed by atoms with Crippen LogP contribution in [0.4, 0.5) is 5.82 Å². The zero-order valence-electron chi connectivity index (χ0n) is 14.8. The molecular formula is C18H31N3. The van der Waals surface area contributed by atoms with Crippen molar-refractivity contribution in [3.8, 4) is 0 Å². The largest absolute Gasteiger partial charge is 0.351 e. The number of piperazine rings is 1. The fourth-order valence-corrected chi connectivity index (χ4v) is 2.91. The van der Waals surface area contributed by atoms with E-state index < -0.39 is 0 Å². The summed E-state index contributed by atoms with van der Waals surface area (Å²) in [6, 6.07) is 4.92. The van der Waals surface area contributed by atoms with E-state index >= 15 is 0 Å². The Bertz CT molecular complexity index is 465. The fourth-order valence-electron chi connectivity index (χ4n) is 2.91. The Morgan fingerprint density at radius 1 is 1.05 bits per heavy atom. The second kappa shape index (κ2) is 5.60. The highest BCUT2D eigenvalue weighted by Gasteiger charge is 2.30. The first-order valence-corrected chi connectivity index (χ1v) is 8.07. The first kappa shape index (κ1) is 16.3. The molecule has 3 heteroatoms. The van der Waals surface area contributed by atoms with Gasteiger partial charge >= 0.3 is 0 Å². The highest BCUT2D eigenvalue weighted by atomic mass is 15.3. The normalized spacial score (nSPS) is 21.7. The number of hydrogen-bond acceptors (Lipinski definition) is 3. The molecule has 0 N–H and O–H groups in total. The summed E-state index contributed by atoms with van der Waals surface area (Å²) in [5.74, 6) is 1.11. The van der Waals surface area contributed by atoms with Crippen molar-refractivity contribution in [1.82, 2.24) is 9.88 Å². The van der Waals surface area contributed by atoms with Gasteiger partial charge in [0.05, 0.1) is 0 Å². The number of hydrogen-bond donors (Lipinski definition) is 0. The second-order valence-corrected chi connectivity index (χ2v) is 8.31. The number of pyridine rings is 1. The summed E-state index contributed by atoms with van der Waals surface area (Å²) in [5, 5.41) is 0. The lowest BCUT2D eigenvalue weighted by molar-refractivity contribution is 0.112. The van der Waals surface area contributed by atoms with E-state index in [2.05, 4.69) is 70.4 Å². The predicted molar refractivity (Wildman–Crippen MR) is 91.1 cm³/mol. The molecular weight excluding hydrogens is 258 g/mol. The second-order valence-electron chi connectivity index (χ2n) is 8.31. The molecule has 2 heterocycles. The van der Waals surface area contributed by atoms with Crippen molar-refractivity contribution >= 4 is 5.82 Å². The number of nitrogens with zero attached hydrogens (tertiary/aromatic N) is 3. The summed E-state index contributed by atoms with van der Waals surface area (Å²) >= 11 is 0. The van der Waals surface area contributed by atoms with Gasteiger partial charge in [0.15, 0.2) is 0 Å². The van der Waals surface area contributed by atoms with Crippen molar-refractivity contribution in [2.24, 2.45) is 0 Å². The van der Waals surface area contributed by atoms with Crippen LogP contribution in [0.5, 0.6) is 0 Å². The maximum absolute atomic E-state index is 4.71. The van der Waals surface area contributed by atoms with Crippen LogP contribution in [0.2, 0.25) is 0 Å². The Labute approximate surface area is 130 Å². The molecule has 2 rings (SSSR count). The Hall–Kier alpha value is -1.09. The van der Waals surface area contributed by atoms with Gasteiger partial charge < -0.3 is 4.90 Å². The van der Waals surface area contributed by atoms with Crippen molar-refractivity contribution in [3.05, 3.63) is 23.9 Å². The fraction of sp³-hybridized carbons (Fsp3) is 0.722. The molecule has 118 valence electrons. The molecule has 1 atom stereocenters. The van der Waals surface area contributed by atoms with Crippen LogP contribution in [0.1, 0.15) is 54.0 Å². The van der Waals surface area contributed by atoms with Crippen LogP contribution in [0.15, 0.2) is 18.3 Å². The molecule has 1 fully saturated rings. The number of aromatic nitrogens is 1. The van der Waals surface area contributed by atoms with Crippen LogP contribution in [0, 0.1) is 0 Å². The molecule has 0 aliphatic carbocycles. The van der Waals surface area contributed by atoms with Crippen LogP contribution in [0.3, 0.4) is 0 Å². The monoisotopic (exact) mass is 289 g/mol. The summed E-state index contributed by atoms with van der Waals surface area (Å²) in [7, 11) is 0. The lowest BCUT2D eigenvalue weighted by atomic mass is 9.88. The van der Waals surface area contributed by atoms with E-state index in [1.54, 1.807) is 0 Å². The van der Waals surface area contributed by atoms with Gasteiger partial charge in [0.1, 0.15) is 5.82 Å². The van der Waals surface area contributed by atoms with Crippen molar-refractivity contribution in [2.45, 2.75) is 65.5 Å². The molecule has 0 radical (unpaired) electrons. The van der Waals surface area contributed by atoms with E-state index in [4.69, 9.17) is 4.98 Å². The van der Waals surface area contributed by atoms with Crippen LogP contribution in [-0.2, 0) is 5.41 Å². The van der Waals surface area contributed by atoms with Gasteiger partial charge in [-0.1, -0.05) is 26.8 Å². The Morgan fingerprint density at radius 2 is 1.71 bits per heavy atom. The number of anilines is 1. The molecule has 1 unspecified atom stereocenters. The van der Waals surface area contributed by atoms with Gasteiger partial charge in [0.25, 0.3) is 0 Å². The van der Waals surface area contributed by atoms with Gasteiger partial charge in [0.2, 0.25) is 0 Å². The molecule has 3 nitrogen and oxygen atoms in total. The van der Waals surface area contributed by atoms with E-state index in [9.17, 15) is 0 Å². The molecule has 21 heavy (non-hydrogen) atoms. The highest BCUT2D eigenvalue weighted by Crippen LogP contribution is 2.26. The highest BCUT2D eigenvalue weighted by molar-refractivity contribution is 5.42.